The van der Waals surface area contributed by atoms with Crippen molar-refractivity contribution in [2.24, 2.45) is 0 Å². The van der Waals surface area contributed by atoms with E-state index in [0.717, 1.165) is 35.8 Å². The number of carbonyl (C=O) groups excluding carboxylic acids is 1. The zero-order chi connectivity index (χ0) is 15.0. The van der Waals surface area contributed by atoms with Crippen LogP contribution in [0.1, 0.15) is 41.6 Å². The molecule has 0 aliphatic heterocycles. The average molecular weight is 399 g/mol. The summed E-state index contributed by atoms with van der Waals surface area (Å²) in [5.41, 5.74) is -0.488. The summed E-state index contributed by atoms with van der Waals surface area (Å²) in [4.78, 5) is 11.7. The monoisotopic (exact) mass is 399 g/mol. The lowest BCUT2D eigenvalue weighted by Crippen LogP contribution is -2.24. The van der Waals surface area contributed by atoms with E-state index < -0.39 is 11.7 Å². The molecule has 6 heteroatoms. The average Bonchev–Trinajstić information content (AvgIpc) is 2.41. The molecule has 0 bridgehead atoms. The largest absolute Gasteiger partial charge is 0.416 e. The van der Waals surface area contributed by atoms with Gasteiger partial charge in [-0.1, -0.05) is 35.4 Å². The number of alkyl halides is 4. The van der Waals surface area contributed by atoms with Gasteiger partial charge in [-0.25, -0.2) is 0 Å². The van der Waals surface area contributed by atoms with E-state index in [1.807, 2.05) is 0 Å². The quantitative estimate of drug-likeness (QED) is 0.410. The Morgan fingerprint density at radius 3 is 2.20 bits per heavy atom. The maximum Gasteiger partial charge on any atom is 0.416 e. The second kappa shape index (κ2) is 8.49. The van der Waals surface area contributed by atoms with Crippen LogP contribution in [0.5, 0.6) is 0 Å². The Morgan fingerprint density at radius 2 is 1.65 bits per heavy atom. The van der Waals surface area contributed by atoms with Gasteiger partial charge in [-0.15, -0.1) is 0 Å². The predicted octanol–water partition coefficient (Wildman–Crippen LogP) is 4.43. The van der Waals surface area contributed by atoms with Gasteiger partial charge in [-0.2, -0.15) is 13.2 Å². The first-order valence-electron chi connectivity index (χ1n) is 6.46. The molecule has 0 heterocycles. The van der Waals surface area contributed by atoms with Crippen LogP contribution in [0.3, 0.4) is 0 Å². The third-order valence-corrected chi connectivity index (χ3v) is 3.58. The third-order valence-electron chi connectivity index (χ3n) is 2.82. The topological polar surface area (TPSA) is 29.1 Å². The Kier molecular flexibility index (Phi) is 7.32. The molecule has 0 unspecified atom stereocenters. The Balaban J connectivity index is 2.37. The number of amides is 1. The summed E-state index contributed by atoms with van der Waals surface area (Å²) in [5.74, 6) is -0.326. The van der Waals surface area contributed by atoms with Gasteiger partial charge in [0, 0.05) is 12.1 Å². The van der Waals surface area contributed by atoms with E-state index in [-0.39, 0.29) is 11.5 Å². The SMILES string of the molecule is O=C(NCCCCCCI)c1ccc(C(F)(F)F)cc1. The van der Waals surface area contributed by atoms with Crippen molar-refractivity contribution < 1.29 is 18.0 Å². The molecule has 1 aromatic rings. The number of hydrogen-bond acceptors (Lipinski definition) is 1. The maximum absolute atomic E-state index is 12.4. The van der Waals surface area contributed by atoms with E-state index in [2.05, 4.69) is 27.9 Å². The molecule has 0 spiro atoms. The van der Waals surface area contributed by atoms with Crippen molar-refractivity contribution in [1.29, 1.82) is 0 Å². The van der Waals surface area contributed by atoms with E-state index in [1.165, 1.54) is 18.6 Å². The van der Waals surface area contributed by atoms with Gasteiger partial charge in [0.05, 0.1) is 5.56 Å². The minimum atomic E-state index is -4.37. The van der Waals surface area contributed by atoms with E-state index in [0.29, 0.717) is 6.54 Å². The third kappa shape index (κ3) is 6.11. The maximum atomic E-state index is 12.4. The van der Waals surface area contributed by atoms with Gasteiger partial charge in [-0.05, 0) is 41.5 Å². The van der Waals surface area contributed by atoms with Gasteiger partial charge in [0.1, 0.15) is 0 Å². The number of unbranched alkanes of at least 4 members (excludes halogenated alkanes) is 3. The summed E-state index contributed by atoms with van der Waals surface area (Å²) >= 11 is 2.33. The zero-order valence-corrected chi connectivity index (χ0v) is 13.1. The molecule has 1 N–H and O–H groups in total. The van der Waals surface area contributed by atoms with Crippen molar-refractivity contribution in [2.75, 3.05) is 11.0 Å². The molecular weight excluding hydrogens is 382 g/mol. The number of nitrogens with one attached hydrogen (secondary N) is 1. The van der Waals surface area contributed by atoms with Crippen molar-refractivity contribution in [1.82, 2.24) is 5.32 Å². The number of halogens is 4. The van der Waals surface area contributed by atoms with Gasteiger partial charge in [0.15, 0.2) is 0 Å². The molecule has 0 aromatic heterocycles. The van der Waals surface area contributed by atoms with Crippen LogP contribution in [0.2, 0.25) is 0 Å². The second-order valence-corrected chi connectivity index (χ2v) is 5.51. The Labute approximate surface area is 130 Å². The molecule has 0 saturated carbocycles. The molecule has 0 saturated heterocycles. The lowest BCUT2D eigenvalue weighted by atomic mass is 10.1. The Morgan fingerprint density at radius 1 is 1.05 bits per heavy atom. The first-order valence-corrected chi connectivity index (χ1v) is 7.99. The molecule has 1 aromatic carbocycles. The van der Waals surface area contributed by atoms with Gasteiger partial charge >= 0.3 is 6.18 Å². The van der Waals surface area contributed by atoms with E-state index >= 15 is 0 Å². The molecule has 20 heavy (non-hydrogen) atoms. The van der Waals surface area contributed by atoms with Crippen LogP contribution in [-0.4, -0.2) is 16.9 Å². The molecule has 0 atom stereocenters. The molecule has 0 radical (unpaired) electrons. The molecule has 112 valence electrons. The molecule has 2 nitrogen and oxygen atoms in total. The van der Waals surface area contributed by atoms with E-state index in [9.17, 15) is 18.0 Å². The summed E-state index contributed by atoms with van der Waals surface area (Å²) in [6.07, 6.45) is -0.112. The van der Waals surface area contributed by atoms with Crippen molar-refractivity contribution in [3.05, 3.63) is 35.4 Å². The number of rotatable bonds is 7. The number of hydrogen-bond donors (Lipinski definition) is 1. The van der Waals surface area contributed by atoms with Crippen molar-refractivity contribution in [2.45, 2.75) is 31.9 Å². The Hall–Kier alpha value is -0.790. The fraction of sp³-hybridized carbons (Fsp3) is 0.500. The molecule has 0 fully saturated rings. The molecule has 1 rings (SSSR count). The normalized spacial score (nSPS) is 11.4. The van der Waals surface area contributed by atoms with Crippen LogP contribution in [0.4, 0.5) is 13.2 Å². The van der Waals surface area contributed by atoms with Gasteiger partial charge in [0.25, 0.3) is 5.91 Å². The standard InChI is InChI=1S/C14H17F3INO/c15-14(16,17)12-7-5-11(6-8-12)13(20)19-10-4-2-1-3-9-18/h5-8H,1-4,9-10H2,(H,19,20). The van der Waals surface area contributed by atoms with Crippen LogP contribution in [-0.2, 0) is 6.18 Å². The fourth-order valence-electron chi connectivity index (χ4n) is 1.69. The first kappa shape index (κ1) is 17.3. The van der Waals surface area contributed by atoms with Crippen LogP contribution < -0.4 is 5.32 Å². The molecule has 1 amide bonds. The van der Waals surface area contributed by atoms with Crippen LogP contribution in [0.25, 0.3) is 0 Å². The zero-order valence-electron chi connectivity index (χ0n) is 11.0. The highest BCUT2D eigenvalue weighted by molar-refractivity contribution is 14.1. The smallest absolute Gasteiger partial charge is 0.352 e. The predicted molar refractivity (Wildman–Crippen MR) is 81.1 cm³/mol. The number of benzene rings is 1. The van der Waals surface area contributed by atoms with E-state index in [4.69, 9.17) is 0 Å². The lowest BCUT2D eigenvalue weighted by Gasteiger charge is -2.08. The van der Waals surface area contributed by atoms with Crippen molar-refractivity contribution >= 4 is 28.5 Å². The minimum absolute atomic E-state index is 0.255. The second-order valence-electron chi connectivity index (χ2n) is 4.43. The van der Waals surface area contributed by atoms with E-state index in [1.54, 1.807) is 0 Å². The highest BCUT2D eigenvalue weighted by atomic mass is 127. The lowest BCUT2D eigenvalue weighted by molar-refractivity contribution is -0.137. The van der Waals surface area contributed by atoms with Gasteiger partial charge in [0.2, 0.25) is 0 Å². The van der Waals surface area contributed by atoms with Gasteiger partial charge in [-0.3, -0.25) is 4.79 Å². The van der Waals surface area contributed by atoms with Crippen LogP contribution in [0, 0.1) is 0 Å². The number of carbonyl (C=O) groups is 1. The highest BCUT2D eigenvalue weighted by Crippen LogP contribution is 2.29. The summed E-state index contributed by atoms with van der Waals surface area (Å²) < 4.78 is 38.2. The highest BCUT2D eigenvalue weighted by Gasteiger charge is 2.30. The summed E-state index contributed by atoms with van der Waals surface area (Å²) in [6.45, 7) is 0.557. The summed E-state index contributed by atoms with van der Waals surface area (Å²) in [7, 11) is 0. The molecule has 0 aliphatic rings. The van der Waals surface area contributed by atoms with Crippen molar-refractivity contribution in [3.8, 4) is 0 Å². The fourth-order valence-corrected chi connectivity index (χ4v) is 2.23. The summed E-state index contributed by atoms with van der Waals surface area (Å²) in [6, 6.07) is 4.26. The van der Waals surface area contributed by atoms with Crippen LogP contribution in [0.15, 0.2) is 24.3 Å². The van der Waals surface area contributed by atoms with Crippen molar-refractivity contribution in [3.63, 3.8) is 0 Å². The molecule has 0 aliphatic carbocycles. The Bertz CT molecular complexity index is 417. The van der Waals surface area contributed by atoms with Crippen LogP contribution >= 0.6 is 22.6 Å². The molecular formula is C14H17F3INO. The summed E-state index contributed by atoms with van der Waals surface area (Å²) in [5, 5.41) is 2.71. The minimum Gasteiger partial charge on any atom is -0.352 e. The first-order chi connectivity index (χ1) is 9.45. The van der Waals surface area contributed by atoms with Gasteiger partial charge < -0.3 is 5.32 Å².